The van der Waals surface area contributed by atoms with Crippen molar-refractivity contribution in [2.75, 3.05) is 30.9 Å². The Morgan fingerprint density at radius 3 is 2.13 bits per heavy atom. The monoisotopic (exact) mass is 466 g/mol. The van der Waals surface area contributed by atoms with E-state index in [0.717, 1.165) is 18.4 Å². The fourth-order valence-electron chi connectivity index (χ4n) is 2.63. The van der Waals surface area contributed by atoms with Crippen LogP contribution in [0.1, 0.15) is 11.1 Å². The largest absolute Gasteiger partial charge is 0.492 e. The van der Waals surface area contributed by atoms with E-state index < -0.39 is 46.4 Å². The van der Waals surface area contributed by atoms with E-state index in [9.17, 15) is 34.8 Å². The smallest absolute Gasteiger partial charge is 0.417 e. The molecule has 0 bridgehead atoms. The summed E-state index contributed by atoms with van der Waals surface area (Å²) < 4.78 is 106. The topological polar surface area (TPSA) is 70.4 Å². The van der Waals surface area contributed by atoms with Crippen molar-refractivity contribution in [3.63, 3.8) is 0 Å². The molecule has 2 aromatic carbocycles. The van der Waals surface area contributed by atoms with Crippen LogP contribution in [0, 0.1) is 11.3 Å². The molecule has 0 aliphatic carbocycles. The van der Waals surface area contributed by atoms with Crippen molar-refractivity contribution >= 4 is 15.5 Å². The first-order valence-corrected chi connectivity index (χ1v) is 10.5. The molecule has 2 aromatic rings. The second kappa shape index (κ2) is 9.05. The lowest BCUT2D eigenvalue weighted by Gasteiger charge is -2.27. The van der Waals surface area contributed by atoms with Crippen molar-refractivity contribution in [2.24, 2.45) is 0 Å². The normalized spacial score (nSPS) is 12.3. The summed E-state index contributed by atoms with van der Waals surface area (Å²) in [6.45, 7) is -2.28. The fraction of sp³-hybridized carbons (Fsp3) is 0.316. The summed E-state index contributed by atoms with van der Waals surface area (Å²) in [5.74, 6) is 0.176. The molecule has 0 N–H and O–H groups in total. The van der Waals surface area contributed by atoms with E-state index in [-0.39, 0.29) is 22.9 Å². The number of hydrogen-bond acceptors (Lipinski definition) is 5. The quantitative estimate of drug-likeness (QED) is 0.565. The standard InChI is InChI=1S/C19H16F6N2O3S/c1-31(28,29)16-6-4-15(5-7-16)30-9-8-27(12-18(20,21)22)14-3-2-13(11-26)17(10-14)19(23,24)25/h2-7,10H,8-9,12H2,1H3. The Bertz CT molecular complexity index is 1060. The second-order valence-electron chi connectivity index (χ2n) is 6.47. The van der Waals surface area contributed by atoms with Crippen LogP contribution in [-0.2, 0) is 16.0 Å². The first-order valence-electron chi connectivity index (χ1n) is 8.57. The van der Waals surface area contributed by atoms with E-state index in [4.69, 9.17) is 10.00 Å². The van der Waals surface area contributed by atoms with Gasteiger partial charge < -0.3 is 9.64 Å². The third-order valence-electron chi connectivity index (χ3n) is 4.05. The molecular weight excluding hydrogens is 450 g/mol. The number of ether oxygens (including phenoxy) is 1. The highest BCUT2D eigenvalue weighted by atomic mass is 32.2. The van der Waals surface area contributed by atoms with Gasteiger partial charge in [-0.3, -0.25) is 0 Å². The molecule has 2 rings (SSSR count). The number of anilines is 1. The molecular formula is C19H16F6N2O3S. The predicted octanol–water partition coefficient (Wildman–Crippen LogP) is 4.43. The van der Waals surface area contributed by atoms with Gasteiger partial charge in [0, 0.05) is 11.9 Å². The zero-order chi connectivity index (χ0) is 23.4. The van der Waals surface area contributed by atoms with E-state index in [1.54, 1.807) is 0 Å². The van der Waals surface area contributed by atoms with E-state index in [1.807, 2.05) is 0 Å². The van der Waals surface area contributed by atoms with Crippen LogP contribution in [0.3, 0.4) is 0 Å². The van der Waals surface area contributed by atoms with Crippen molar-refractivity contribution in [3.8, 4) is 11.8 Å². The minimum Gasteiger partial charge on any atom is -0.492 e. The molecule has 0 atom stereocenters. The number of nitrogens with zero attached hydrogens (tertiary/aromatic N) is 2. The fourth-order valence-corrected chi connectivity index (χ4v) is 3.26. The lowest BCUT2D eigenvalue weighted by Crippen LogP contribution is -2.37. The molecule has 31 heavy (non-hydrogen) atoms. The van der Waals surface area contributed by atoms with Gasteiger partial charge in [-0.2, -0.15) is 31.6 Å². The Kier molecular flexibility index (Phi) is 7.10. The predicted molar refractivity (Wildman–Crippen MR) is 99.5 cm³/mol. The van der Waals surface area contributed by atoms with E-state index in [0.29, 0.717) is 11.0 Å². The Hall–Kier alpha value is -2.94. The molecule has 0 aliphatic heterocycles. The molecule has 0 radical (unpaired) electrons. The Morgan fingerprint density at radius 2 is 1.65 bits per heavy atom. The van der Waals surface area contributed by atoms with Crippen LogP contribution in [-0.4, -0.2) is 40.5 Å². The SMILES string of the molecule is CS(=O)(=O)c1ccc(OCCN(CC(F)(F)F)c2ccc(C#N)c(C(F)(F)F)c2)cc1. The van der Waals surface area contributed by atoms with Crippen molar-refractivity contribution in [1.29, 1.82) is 5.26 Å². The summed E-state index contributed by atoms with van der Waals surface area (Å²) in [6, 6.07) is 8.82. The van der Waals surface area contributed by atoms with Crippen LogP contribution in [0.5, 0.6) is 5.75 Å². The van der Waals surface area contributed by atoms with Gasteiger partial charge in [0.1, 0.15) is 18.9 Å². The third-order valence-corrected chi connectivity index (χ3v) is 5.17. The molecule has 0 aliphatic rings. The van der Waals surface area contributed by atoms with E-state index in [2.05, 4.69) is 0 Å². The highest BCUT2D eigenvalue weighted by Crippen LogP contribution is 2.35. The maximum Gasteiger partial charge on any atom is 0.417 e. The van der Waals surface area contributed by atoms with Crippen molar-refractivity contribution < 1.29 is 39.5 Å². The average molecular weight is 466 g/mol. The molecule has 0 fully saturated rings. The molecule has 0 saturated heterocycles. The van der Waals surface area contributed by atoms with Crippen LogP contribution in [0.4, 0.5) is 32.0 Å². The van der Waals surface area contributed by atoms with Gasteiger partial charge in [-0.05, 0) is 42.5 Å². The third kappa shape index (κ3) is 7.06. The van der Waals surface area contributed by atoms with Gasteiger partial charge in [0.05, 0.1) is 28.6 Å². The summed E-state index contributed by atoms with van der Waals surface area (Å²) in [5.41, 5.74) is -2.41. The first-order chi connectivity index (χ1) is 14.2. The molecule has 0 heterocycles. The highest BCUT2D eigenvalue weighted by Gasteiger charge is 2.36. The van der Waals surface area contributed by atoms with E-state index >= 15 is 0 Å². The number of rotatable bonds is 7. The molecule has 0 amide bonds. The van der Waals surface area contributed by atoms with Crippen LogP contribution in [0.2, 0.25) is 0 Å². The van der Waals surface area contributed by atoms with Crippen LogP contribution in [0.15, 0.2) is 47.4 Å². The number of alkyl halides is 6. The van der Waals surface area contributed by atoms with Crippen LogP contribution in [0.25, 0.3) is 0 Å². The molecule has 0 unspecified atom stereocenters. The van der Waals surface area contributed by atoms with Gasteiger partial charge in [-0.15, -0.1) is 0 Å². The summed E-state index contributed by atoms with van der Waals surface area (Å²) in [6.07, 6.45) is -8.61. The molecule has 5 nitrogen and oxygen atoms in total. The lowest BCUT2D eigenvalue weighted by atomic mass is 10.1. The Morgan fingerprint density at radius 1 is 1.03 bits per heavy atom. The molecule has 12 heteroatoms. The van der Waals surface area contributed by atoms with Crippen molar-refractivity contribution in [3.05, 3.63) is 53.6 Å². The number of nitriles is 1. The van der Waals surface area contributed by atoms with Gasteiger partial charge in [0.15, 0.2) is 9.84 Å². The lowest BCUT2D eigenvalue weighted by molar-refractivity contribution is -0.137. The summed E-state index contributed by atoms with van der Waals surface area (Å²) in [7, 11) is -3.44. The van der Waals surface area contributed by atoms with Crippen molar-refractivity contribution in [2.45, 2.75) is 17.2 Å². The minimum atomic E-state index is -4.91. The number of hydrogen-bond donors (Lipinski definition) is 0. The molecule has 0 saturated carbocycles. The van der Waals surface area contributed by atoms with Gasteiger partial charge in [0.25, 0.3) is 0 Å². The number of sulfone groups is 1. The number of benzene rings is 2. The zero-order valence-corrected chi connectivity index (χ0v) is 16.8. The summed E-state index contributed by atoms with van der Waals surface area (Å²) >= 11 is 0. The van der Waals surface area contributed by atoms with E-state index in [1.165, 1.54) is 30.3 Å². The van der Waals surface area contributed by atoms with Crippen LogP contribution >= 0.6 is 0 Å². The van der Waals surface area contributed by atoms with Gasteiger partial charge >= 0.3 is 12.4 Å². The molecule has 0 spiro atoms. The van der Waals surface area contributed by atoms with Gasteiger partial charge in [-0.25, -0.2) is 8.42 Å². The van der Waals surface area contributed by atoms with Crippen LogP contribution < -0.4 is 9.64 Å². The molecule has 168 valence electrons. The summed E-state index contributed by atoms with van der Waals surface area (Å²) in [4.78, 5) is 0.678. The Balaban J connectivity index is 2.21. The Labute approximate surface area is 174 Å². The second-order valence-corrected chi connectivity index (χ2v) is 8.48. The van der Waals surface area contributed by atoms with Gasteiger partial charge in [0.2, 0.25) is 0 Å². The van der Waals surface area contributed by atoms with Gasteiger partial charge in [-0.1, -0.05) is 0 Å². The zero-order valence-electron chi connectivity index (χ0n) is 16.0. The maximum absolute atomic E-state index is 13.1. The van der Waals surface area contributed by atoms with Crippen molar-refractivity contribution in [1.82, 2.24) is 0 Å². The minimum absolute atomic E-state index is 0.0239. The summed E-state index contributed by atoms with van der Waals surface area (Å²) in [5, 5.41) is 8.83. The average Bonchev–Trinajstić information content (AvgIpc) is 2.65. The number of halogens is 6. The molecule has 0 aromatic heterocycles. The highest BCUT2D eigenvalue weighted by molar-refractivity contribution is 7.90. The maximum atomic E-state index is 13.1. The first kappa shape index (κ1) is 24.3.